The zero-order chi connectivity index (χ0) is 64.1. The molecule has 4 bridgehead atoms. The second kappa shape index (κ2) is 33.9. The SMILES string of the molecule is COC1/C=C\C=C(/C)C(=O)NC2=CC(=O)C(NCCOC(=O)OCCNC3=C4CC(C)CC(OC)C(O)C(C)/C=C(\C)C(C(=O)ON)C(OC)/C=C\C=C(/C)C(=O)NC(=CC3=O)C4=O)=C(CC(C)CC(OC)C(O)C(C)/C=C(\C)C1OC(N)=O)C2=O. The highest BCUT2D eigenvalue weighted by atomic mass is 16.7. The highest BCUT2D eigenvalue weighted by molar-refractivity contribution is 6.24. The number of fused-ring (bicyclic) bond motifs is 4. The minimum absolute atomic E-state index is 0.00824. The van der Waals surface area contributed by atoms with Gasteiger partial charge in [-0.2, -0.15) is 5.90 Å². The van der Waals surface area contributed by atoms with Crippen molar-refractivity contribution < 1.29 is 91.4 Å². The van der Waals surface area contributed by atoms with Crippen molar-refractivity contribution in [1.29, 1.82) is 0 Å². The molecule has 4 rings (SSSR count). The van der Waals surface area contributed by atoms with E-state index in [1.54, 1.807) is 53.7 Å². The summed E-state index contributed by atoms with van der Waals surface area (Å²) in [6, 6.07) is 0. The molecule has 0 saturated carbocycles. The molecule has 3 amide bonds. The van der Waals surface area contributed by atoms with Crippen LogP contribution < -0.4 is 32.9 Å². The van der Waals surface area contributed by atoms with Crippen molar-refractivity contribution in [2.75, 3.05) is 54.7 Å². The molecular weight excluding hydrogens is 1120 g/mol. The molecule has 2 heterocycles. The maximum Gasteiger partial charge on any atom is 0.508 e. The number of amides is 3. The quantitative estimate of drug-likeness (QED) is 0.0406. The van der Waals surface area contributed by atoms with Crippen LogP contribution in [-0.4, -0.2) is 161 Å². The van der Waals surface area contributed by atoms with Crippen LogP contribution >= 0.6 is 0 Å². The summed E-state index contributed by atoms with van der Waals surface area (Å²) in [4.78, 5) is 125. The lowest BCUT2D eigenvalue weighted by Gasteiger charge is -2.30. The molecule has 10 N–H and O–H groups in total. The van der Waals surface area contributed by atoms with Crippen molar-refractivity contribution in [2.45, 2.75) is 124 Å². The van der Waals surface area contributed by atoms with E-state index in [0.29, 0.717) is 11.1 Å². The number of primary amides is 1. The first-order valence-electron chi connectivity index (χ1n) is 28.1. The van der Waals surface area contributed by atoms with Gasteiger partial charge in [-0.25, -0.2) is 14.4 Å². The lowest BCUT2D eigenvalue weighted by atomic mass is 9.84. The van der Waals surface area contributed by atoms with E-state index in [1.807, 2.05) is 0 Å². The number of allylic oxidation sites excluding steroid dienone is 8. The largest absolute Gasteiger partial charge is 0.508 e. The van der Waals surface area contributed by atoms with Gasteiger partial charge in [-0.15, -0.1) is 0 Å². The molecule has 0 radical (unpaired) electrons. The third kappa shape index (κ3) is 19.7. The van der Waals surface area contributed by atoms with Crippen molar-refractivity contribution in [1.82, 2.24) is 21.3 Å². The van der Waals surface area contributed by atoms with Crippen molar-refractivity contribution in [3.05, 3.63) is 117 Å². The number of hydrogen-bond donors (Lipinski definition) is 8. The van der Waals surface area contributed by atoms with Gasteiger partial charge in [-0.1, -0.05) is 81.9 Å². The third-order valence-corrected chi connectivity index (χ3v) is 15.0. The maximum absolute atomic E-state index is 14.2. The van der Waals surface area contributed by atoms with E-state index in [1.165, 1.54) is 78.7 Å². The Balaban J connectivity index is 1.51. The van der Waals surface area contributed by atoms with Gasteiger partial charge in [-0.3, -0.25) is 28.8 Å². The molecule has 0 aromatic heterocycles. The number of hydrogen-bond acceptors (Lipinski definition) is 22. The first-order chi connectivity index (χ1) is 40.7. The van der Waals surface area contributed by atoms with Crippen molar-refractivity contribution in [3.8, 4) is 0 Å². The van der Waals surface area contributed by atoms with Gasteiger partial charge in [0, 0.05) is 87.8 Å². The number of methoxy groups -OCH3 is 4. The van der Waals surface area contributed by atoms with Gasteiger partial charge in [0.15, 0.2) is 6.10 Å². The summed E-state index contributed by atoms with van der Waals surface area (Å²) in [6.07, 6.45) is 5.70. The molecular formula is C61H84N6O19. The van der Waals surface area contributed by atoms with Gasteiger partial charge in [0.05, 0.1) is 53.3 Å². The van der Waals surface area contributed by atoms with Crippen LogP contribution in [0, 0.1) is 29.6 Å². The van der Waals surface area contributed by atoms with Gasteiger partial charge in [0.25, 0.3) is 11.8 Å². The molecule has 0 saturated heterocycles. The zero-order valence-corrected chi connectivity index (χ0v) is 50.8. The molecule has 2 aliphatic carbocycles. The second-order valence-corrected chi connectivity index (χ2v) is 21.7. The lowest BCUT2D eigenvalue weighted by Crippen LogP contribution is -2.38. The molecule has 12 unspecified atom stereocenters. The van der Waals surface area contributed by atoms with Gasteiger partial charge in [-0.05, 0) is 70.8 Å². The van der Waals surface area contributed by atoms with E-state index in [-0.39, 0.29) is 97.1 Å². The van der Waals surface area contributed by atoms with Gasteiger partial charge >= 0.3 is 18.2 Å². The number of rotatable bonds is 14. The van der Waals surface area contributed by atoms with Crippen LogP contribution in [0.3, 0.4) is 0 Å². The van der Waals surface area contributed by atoms with Crippen LogP contribution in [-0.2, 0) is 71.6 Å². The smallest absolute Gasteiger partial charge is 0.439 e. The Hall–Kier alpha value is -7.65. The third-order valence-electron chi connectivity index (χ3n) is 15.0. The standard InChI is InChI=1S/C61H84N6O19/c1-31-23-39-50(43(68)29-41(54(39)72)66-57(74)33(3)15-13-17-45(79-9)49(59(76)86-63)35(5)27-36(6)52(70)47(25-31)81-11)64-19-21-83-61(78)84-22-20-65-51-40-24-32(2)26-48(82-12)53(71)37(7)28-38(8)56(85-60(62)77)46(80-10)18-14-16-34(4)58(75)67-42(55(40)73)30-44(51)69/h13-18,27-32,36-37,45-49,52-53,56,64-65,70-71H,19-26,63H2,1-12H3,(H2,62,77)(H,66,74)(H,67,75)/b17-13-,18-14-,33-15+,34-16+,35-27+,38-28+. The van der Waals surface area contributed by atoms with E-state index in [0.717, 1.165) is 12.2 Å². The summed E-state index contributed by atoms with van der Waals surface area (Å²) in [5.41, 5.74) is 5.86. The fourth-order valence-corrected chi connectivity index (χ4v) is 10.4. The van der Waals surface area contributed by atoms with Crippen LogP contribution in [0.4, 0.5) is 9.59 Å². The number of aliphatic hydroxyl groups is 2. The molecule has 2 aliphatic heterocycles. The molecule has 0 fully saturated rings. The Morgan fingerprint density at radius 2 is 1.05 bits per heavy atom. The van der Waals surface area contributed by atoms with Crippen LogP contribution in [0.15, 0.2) is 117 Å². The summed E-state index contributed by atoms with van der Waals surface area (Å²) < 4.78 is 38.6. The number of aliphatic hydroxyl groups excluding tert-OH is 2. The monoisotopic (exact) mass is 1200 g/mol. The maximum atomic E-state index is 14.2. The summed E-state index contributed by atoms with van der Waals surface area (Å²) in [6.45, 7) is 12.3. The number of nitrogens with one attached hydrogen (secondary N) is 4. The molecule has 25 nitrogen and oxygen atoms in total. The molecule has 4 aliphatic rings. The molecule has 0 aromatic carbocycles. The second-order valence-electron chi connectivity index (χ2n) is 21.7. The highest BCUT2D eigenvalue weighted by Gasteiger charge is 2.37. The Bertz CT molecular complexity index is 2880. The Morgan fingerprint density at radius 1 is 0.628 bits per heavy atom. The summed E-state index contributed by atoms with van der Waals surface area (Å²) in [5, 5.41) is 33.9. The molecule has 12 atom stereocenters. The van der Waals surface area contributed by atoms with Crippen LogP contribution in [0.2, 0.25) is 0 Å². The van der Waals surface area contributed by atoms with E-state index < -0.39 is 125 Å². The number of nitrogens with two attached hydrogens (primary N) is 2. The van der Waals surface area contributed by atoms with E-state index in [4.69, 9.17) is 44.8 Å². The van der Waals surface area contributed by atoms with Gasteiger partial charge < -0.3 is 75.2 Å². The van der Waals surface area contributed by atoms with Crippen molar-refractivity contribution in [3.63, 3.8) is 0 Å². The first-order valence-corrected chi connectivity index (χ1v) is 28.1. The van der Waals surface area contributed by atoms with Gasteiger partial charge in [0.2, 0.25) is 23.1 Å². The first kappa shape index (κ1) is 70.8. The molecule has 86 heavy (non-hydrogen) atoms. The fourth-order valence-electron chi connectivity index (χ4n) is 10.4. The summed E-state index contributed by atoms with van der Waals surface area (Å²) in [7, 11) is 5.60. The topological polar surface area (TPSA) is 368 Å². The minimum Gasteiger partial charge on any atom is -0.439 e. The van der Waals surface area contributed by atoms with Crippen LogP contribution in [0.5, 0.6) is 0 Å². The van der Waals surface area contributed by atoms with Crippen LogP contribution in [0.1, 0.15) is 81.1 Å². The lowest BCUT2D eigenvalue weighted by molar-refractivity contribution is -0.151. The Kier molecular flexibility index (Phi) is 27.9. The Labute approximate surface area is 501 Å². The number of carbonyl (C=O) groups excluding carboxylic acids is 9. The number of carbonyl (C=O) groups is 9. The van der Waals surface area contributed by atoms with E-state index >= 15 is 0 Å². The van der Waals surface area contributed by atoms with Gasteiger partial charge in [0.1, 0.15) is 25.2 Å². The molecule has 25 heteroatoms. The predicted molar refractivity (Wildman–Crippen MR) is 312 cm³/mol. The molecule has 472 valence electrons. The van der Waals surface area contributed by atoms with Crippen LogP contribution in [0.25, 0.3) is 0 Å². The van der Waals surface area contributed by atoms with E-state index in [2.05, 4.69) is 26.1 Å². The Morgan fingerprint density at radius 3 is 1.44 bits per heavy atom. The zero-order valence-electron chi connectivity index (χ0n) is 50.8. The number of ether oxygens (including phenoxy) is 7. The predicted octanol–water partition coefficient (Wildman–Crippen LogP) is 3.44. The average molecular weight is 1210 g/mol. The van der Waals surface area contributed by atoms with E-state index in [9.17, 15) is 53.4 Å². The summed E-state index contributed by atoms with van der Waals surface area (Å²) >= 11 is 0. The van der Waals surface area contributed by atoms with Crippen molar-refractivity contribution >= 4 is 53.2 Å². The molecule has 0 spiro atoms. The minimum atomic E-state index is -1.14. The number of Topliss-reactive ketones (excluding diaryl/α,β-unsaturated/α-hetero) is 2. The highest BCUT2D eigenvalue weighted by Crippen LogP contribution is 2.32. The van der Waals surface area contributed by atoms with Crippen molar-refractivity contribution in [2.24, 2.45) is 41.2 Å². The molecule has 0 aromatic rings. The fraction of sp³-hybridized carbons (Fsp3) is 0.525. The average Bonchev–Trinajstić information content (AvgIpc) is 3.48. The summed E-state index contributed by atoms with van der Waals surface area (Å²) in [5.74, 6) is -2.60. The normalized spacial score (nSPS) is 31.3. The number of ketones is 4.